The lowest BCUT2D eigenvalue weighted by molar-refractivity contribution is -0.156. The predicted octanol–water partition coefficient (Wildman–Crippen LogP) is 0.943. The van der Waals surface area contributed by atoms with E-state index in [-0.39, 0.29) is 12.4 Å². The van der Waals surface area contributed by atoms with Gasteiger partial charge in [0.05, 0.1) is 218 Å². The average molecular weight is 850 g/mol. The summed E-state index contributed by atoms with van der Waals surface area (Å²) < 4.78 is 92.3. The molecular formula is C39H79NO18. The number of carbonyl (C=O) groups excluding carboxylic acids is 1. The van der Waals surface area contributed by atoms with Crippen molar-refractivity contribution in [1.29, 1.82) is 0 Å². The molecule has 0 atom stereocenters. The SMILES string of the molecule is CC(C)(C)OC(=O)CCOCCOCCOCCOCCOCCOCCOCCOCCOCCOCCOCCOCCOCCOCCOCCOCCN. The fourth-order valence-electron chi connectivity index (χ4n) is 4.03. The molecule has 19 heteroatoms. The predicted molar refractivity (Wildman–Crippen MR) is 213 cm³/mol. The van der Waals surface area contributed by atoms with E-state index in [9.17, 15) is 4.79 Å². The third-order valence-corrected chi connectivity index (χ3v) is 6.71. The minimum absolute atomic E-state index is 0.228. The van der Waals surface area contributed by atoms with Gasteiger partial charge in [-0.2, -0.15) is 0 Å². The molecule has 19 nitrogen and oxygen atoms in total. The van der Waals surface area contributed by atoms with E-state index >= 15 is 0 Å². The molecule has 0 saturated heterocycles. The highest BCUT2D eigenvalue weighted by Crippen LogP contribution is 2.08. The van der Waals surface area contributed by atoms with Gasteiger partial charge in [0.2, 0.25) is 0 Å². The summed E-state index contributed by atoms with van der Waals surface area (Å²) in [6.45, 7) is 21.7. The van der Waals surface area contributed by atoms with E-state index in [1.54, 1.807) is 0 Å². The van der Waals surface area contributed by atoms with Crippen LogP contribution >= 0.6 is 0 Å². The lowest BCUT2D eigenvalue weighted by atomic mass is 10.2. The van der Waals surface area contributed by atoms with Gasteiger partial charge in [-0.3, -0.25) is 4.79 Å². The standard InChI is InChI=1S/C39H79NO18/c1-39(2,3)58-38(41)4-6-42-8-10-44-12-14-46-16-18-48-20-22-50-24-26-52-28-30-54-32-34-56-36-37-57-35-33-55-31-29-53-27-25-51-23-21-49-19-17-47-15-13-45-11-9-43-7-5-40/h4-37,40H2,1-3H3. The van der Waals surface area contributed by atoms with Crippen molar-refractivity contribution in [2.24, 2.45) is 5.73 Å². The molecule has 0 aromatic carbocycles. The summed E-state index contributed by atoms with van der Waals surface area (Å²) in [6, 6.07) is 0. The summed E-state index contributed by atoms with van der Waals surface area (Å²) >= 11 is 0. The van der Waals surface area contributed by atoms with Crippen LogP contribution in [0.4, 0.5) is 0 Å². The second kappa shape index (κ2) is 48.5. The smallest absolute Gasteiger partial charge is 0.308 e. The molecule has 0 amide bonds. The second-order valence-corrected chi connectivity index (χ2v) is 12.9. The number of nitrogens with two attached hydrogens (primary N) is 1. The quantitative estimate of drug-likeness (QED) is 0.0669. The van der Waals surface area contributed by atoms with Gasteiger partial charge in [-0.1, -0.05) is 0 Å². The topological polar surface area (TPSA) is 200 Å². The van der Waals surface area contributed by atoms with Gasteiger partial charge < -0.3 is 86.3 Å². The molecule has 0 aliphatic heterocycles. The van der Waals surface area contributed by atoms with Crippen molar-refractivity contribution in [2.45, 2.75) is 32.8 Å². The molecule has 0 spiro atoms. The van der Waals surface area contributed by atoms with Crippen LogP contribution in [0.3, 0.4) is 0 Å². The summed E-state index contributed by atoms with van der Waals surface area (Å²) in [7, 11) is 0. The van der Waals surface area contributed by atoms with Gasteiger partial charge in [-0.15, -0.1) is 0 Å². The fraction of sp³-hybridized carbons (Fsp3) is 0.974. The maximum absolute atomic E-state index is 11.6. The van der Waals surface area contributed by atoms with Gasteiger partial charge in [0.1, 0.15) is 5.60 Å². The van der Waals surface area contributed by atoms with Crippen molar-refractivity contribution in [2.75, 3.05) is 218 Å². The van der Waals surface area contributed by atoms with Crippen molar-refractivity contribution in [3.63, 3.8) is 0 Å². The summed E-state index contributed by atoms with van der Waals surface area (Å²) in [5.74, 6) is -0.268. The van der Waals surface area contributed by atoms with Crippen molar-refractivity contribution in [3.05, 3.63) is 0 Å². The molecule has 0 saturated carbocycles. The Labute approximate surface area is 347 Å². The number of carbonyl (C=O) groups is 1. The molecule has 58 heavy (non-hydrogen) atoms. The molecule has 0 bridgehead atoms. The summed E-state index contributed by atoms with van der Waals surface area (Å²) in [4.78, 5) is 11.6. The Morgan fingerprint density at radius 1 is 0.293 bits per heavy atom. The van der Waals surface area contributed by atoms with E-state index in [0.717, 1.165) is 0 Å². The number of esters is 1. The zero-order chi connectivity index (χ0) is 42.1. The Bertz CT molecular complexity index is 798. The lowest BCUT2D eigenvalue weighted by Crippen LogP contribution is -2.24. The minimum Gasteiger partial charge on any atom is -0.460 e. The van der Waals surface area contributed by atoms with Gasteiger partial charge in [0.15, 0.2) is 0 Å². The van der Waals surface area contributed by atoms with E-state index in [1.165, 1.54) is 0 Å². The Kier molecular flexibility index (Phi) is 47.4. The fourth-order valence-corrected chi connectivity index (χ4v) is 4.03. The first-order valence-corrected chi connectivity index (χ1v) is 20.6. The van der Waals surface area contributed by atoms with Crippen LogP contribution in [0.25, 0.3) is 0 Å². The number of hydrogen-bond acceptors (Lipinski definition) is 19. The van der Waals surface area contributed by atoms with E-state index in [4.69, 9.17) is 86.3 Å². The molecule has 348 valence electrons. The van der Waals surface area contributed by atoms with Crippen molar-refractivity contribution in [1.82, 2.24) is 0 Å². The molecule has 0 fully saturated rings. The van der Waals surface area contributed by atoms with Gasteiger partial charge in [-0.25, -0.2) is 0 Å². The maximum Gasteiger partial charge on any atom is 0.308 e. The van der Waals surface area contributed by atoms with Crippen LogP contribution in [0, 0.1) is 0 Å². The molecule has 0 unspecified atom stereocenters. The first kappa shape index (κ1) is 56.8. The number of rotatable bonds is 50. The largest absolute Gasteiger partial charge is 0.460 e. The van der Waals surface area contributed by atoms with E-state index in [0.29, 0.717) is 218 Å². The second-order valence-electron chi connectivity index (χ2n) is 12.9. The van der Waals surface area contributed by atoms with Crippen LogP contribution in [-0.2, 0) is 85.3 Å². The molecule has 2 N–H and O–H groups in total. The van der Waals surface area contributed by atoms with Crippen LogP contribution in [0.5, 0.6) is 0 Å². The molecule has 0 aromatic rings. The monoisotopic (exact) mass is 850 g/mol. The Balaban J connectivity index is 3.09. The van der Waals surface area contributed by atoms with E-state index in [1.807, 2.05) is 20.8 Å². The summed E-state index contributed by atoms with van der Waals surface area (Å²) in [5, 5.41) is 0. The van der Waals surface area contributed by atoms with Gasteiger partial charge in [0.25, 0.3) is 0 Å². The molecule has 0 radical (unpaired) electrons. The van der Waals surface area contributed by atoms with Crippen molar-refractivity contribution >= 4 is 5.97 Å². The zero-order valence-electron chi connectivity index (χ0n) is 36.0. The Morgan fingerprint density at radius 2 is 0.448 bits per heavy atom. The van der Waals surface area contributed by atoms with E-state index in [2.05, 4.69) is 0 Å². The maximum atomic E-state index is 11.6. The third-order valence-electron chi connectivity index (χ3n) is 6.71. The van der Waals surface area contributed by atoms with Gasteiger partial charge in [-0.05, 0) is 20.8 Å². The normalized spacial score (nSPS) is 11.9. The summed E-state index contributed by atoms with van der Waals surface area (Å²) in [5.41, 5.74) is 4.86. The first-order valence-electron chi connectivity index (χ1n) is 20.6. The lowest BCUT2D eigenvalue weighted by Gasteiger charge is -2.19. The van der Waals surface area contributed by atoms with Crippen molar-refractivity contribution in [3.8, 4) is 0 Å². The van der Waals surface area contributed by atoms with Crippen molar-refractivity contribution < 1.29 is 85.3 Å². The molecule has 0 heterocycles. The van der Waals surface area contributed by atoms with Crippen LogP contribution in [0.15, 0.2) is 0 Å². The third kappa shape index (κ3) is 52.8. The number of hydrogen-bond donors (Lipinski definition) is 1. The molecule has 0 rings (SSSR count). The van der Waals surface area contributed by atoms with E-state index < -0.39 is 5.60 Å². The highest BCUT2D eigenvalue weighted by atomic mass is 16.6. The van der Waals surface area contributed by atoms with Crippen LogP contribution in [0.2, 0.25) is 0 Å². The Morgan fingerprint density at radius 3 is 0.603 bits per heavy atom. The molecule has 0 aliphatic rings. The van der Waals surface area contributed by atoms with Gasteiger partial charge >= 0.3 is 5.97 Å². The number of ether oxygens (including phenoxy) is 17. The zero-order valence-corrected chi connectivity index (χ0v) is 36.0. The minimum atomic E-state index is -0.479. The summed E-state index contributed by atoms with van der Waals surface area (Å²) in [6.07, 6.45) is 0.228. The average Bonchev–Trinajstić information content (AvgIpc) is 3.19. The highest BCUT2D eigenvalue weighted by molar-refractivity contribution is 5.69. The van der Waals surface area contributed by atoms with Gasteiger partial charge in [0, 0.05) is 6.54 Å². The van der Waals surface area contributed by atoms with Crippen LogP contribution in [-0.4, -0.2) is 230 Å². The molecule has 0 aromatic heterocycles. The first-order chi connectivity index (χ1) is 28.5. The van der Waals surface area contributed by atoms with Crippen LogP contribution < -0.4 is 5.73 Å². The molecule has 0 aliphatic carbocycles. The Hall–Kier alpha value is -1.21. The molecular weight excluding hydrogens is 770 g/mol. The highest BCUT2D eigenvalue weighted by Gasteiger charge is 2.15. The van der Waals surface area contributed by atoms with Crippen LogP contribution in [0.1, 0.15) is 27.2 Å².